The van der Waals surface area contributed by atoms with Gasteiger partial charge in [0.1, 0.15) is 5.75 Å². The Labute approximate surface area is 167 Å². The molecule has 3 aromatic rings. The lowest BCUT2D eigenvalue weighted by Gasteiger charge is -2.22. The molecular weight excluding hydrogens is 374 g/mol. The second-order valence-electron chi connectivity index (χ2n) is 6.61. The summed E-state index contributed by atoms with van der Waals surface area (Å²) in [6.45, 7) is 2.06. The summed E-state index contributed by atoms with van der Waals surface area (Å²) < 4.78 is 6.77. The summed E-state index contributed by atoms with van der Waals surface area (Å²) in [5, 5.41) is 8.82. The number of benzene rings is 2. The predicted octanol–water partition coefficient (Wildman–Crippen LogP) is 2.74. The molecule has 2 N–H and O–H groups in total. The maximum absolute atomic E-state index is 12.9. The number of fused-ring (bicyclic) bond motifs is 1. The first-order valence-corrected chi connectivity index (χ1v) is 9.95. The minimum atomic E-state index is 0.0318. The highest BCUT2D eigenvalue weighted by atomic mass is 32.2. The predicted molar refractivity (Wildman–Crippen MR) is 110 cm³/mol. The van der Waals surface area contributed by atoms with E-state index in [9.17, 15) is 4.79 Å². The standard InChI is InChI=1S/C20H21N5O2S/c1-13-11-14-7-3-5-9-16(14)24(13)18(26)12-28-20-23-22-19(25(20)21)15-8-4-6-10-17(15)27-2/h3-10,13H,11-12,21H2,1-2H3/t13-/m0/s1. The molecule has 0 spiro atoms. The molecule has 0 aliphatic carbocycles. The fourth-order valence-corrected chi connectivity index (χ4v) is 4.25. The van der Waals surface area contributed by atoms with Crippen molar-refractivity contribution in [3.63, 3.8) is 0 Å². The second-order valence-corrected chi connectivity index (χ2v) is 7.55. The van der Waals surface area contributed by atoms with E-state index in [1.807, 2.05) is 47.4 Å². The molecule has 0 fully saturated rings. The summed E-state index contributed by atoms with van der Waals surface area (Å²) in [5.74, 6) is 7.62. The van der Waals surface area contributed by atoms with E-state index in [1.54, 1.807) is 7.11 Å². The Morgan fingerprint density at radius 3 is 2.79 bits per heavy atom. The van der Waals surface area contributed by atoms with Gasteiger partial charge in [0, 0.05) is 11.7 Å². The molecular formula is C20H21N5O2S. The Hall–Kier alpha value is -3.00. The van der Waals surface area contributed by atoms with Crippen molar-refractivity contribution in [1.29, 1.82) is 0 Å². The second kappa shape index (κ2) is 7.55. The maximum Gasteiger partial charge on any atom is 0.237 e. The molecule has 2 aromatic carbocycles. The third kappa shape index (κ3) is 3.20. The summed E-state index contributed by atoms with van der Waals surface area (Å²) in [6, 6.07) is 15.6. The Morgan fingerprint density at radius 2 is 1.96 bits per heavy atom. The van der Waals surface area contributed by atoms with Crippen LogP contribution < -0.4 is 15.5 Å². The molecule has 0 unspecified atom stereocenters. The van der Waals surface area contributed by atoms with Crippen LogP contribution in [0, 0.1) is 0 Å². The van der Waals surface area contributed by atoms with E-state index in [0.717, 1.165) is 17.7 Å². The highest BCUT2D eigenvalue weighted by Crippen LogP contribution is 2.33. The first-order chi connectivity index (χ1) is 13.6. The van der Waals surface area contributed by atoms with Crippen molar-refractivity contribution in [2.45, 2.75) is 24.5 Å². The topological polar surface area (TPSA) is 86.3 Å². The normalized spacial score (nSPS) is 15.5. The zero-order valence-electron chi connectivity index (χ0n) is 15.7. The number of nitrogens with zero attached hydrogens (tertiary/aromatic N) is 4. The average Bonchev–Trinajstić information content (AvgIpc) is 3.24. The average molecular weight is 395 g/mol. The fourth-order valence-electron chi connectivity index (χ4n) is 3.53. The zero-order chi connectivity index (χ0) is 19.7. The van der Waals surface area contributed by atoms with Crippen molar-refractivity contribution in [1.82, 2.24) is 14.9 Å². The molecule has 4 rings (SSSR count). The van der Waals surface area contributed by atoms with E-state index in [4.69, 9.17) is 10.6 Å². The van der Waals surface area contributed by atoms with Crippen molar-refractivity contribution in [2.24, 2.45) is 0 Å². The number of aromatic nitrogens is 3. The summed E-state index contributed by atoms with van der Waals surface area (Å²) in [7, 11) is 1.60. The van der Waals surface area contributed by atoms with E-state index < -0.39 is 0 Å². The minimum Gasteiger partial charge on any atom is -0.496 e. The number of ether oxygens (including phenoxy) is 1. The third-order valence-electron chi connectivity index (χ3n) is 4.81. The number of para-hydroxylation sites is 2. The number of carbonyl (C=O) groups excluding carboxylic acids is 1. The number of amides is 1. The molecule has 1 aromatic heterocycles. The largest absolute Gasteiger partial charge is 0.496 e. The van der Waals surface area contributed by atoms with Crippen LogP contribution >= 0.6 is 11.8 Å². The van der Waals surface area contributed by atoms with Gasteiger partial charge < -0.3 is 15.5 Å². The van der Waals surface area contributed by atoms with Gasteiger partial charge in [-0.15, -0.1) is 10.2 Å². The van der Waals surface area contributed by atoms with E-state index in [2.05, 4.69) is 23.2 Å². The van der Waals surface area contributed by atoms with Crippen molar-refractivity contribution in [2.75, 3.05) is 23.6 Å². The van der Waals surface area contributed by atoms with E-state index in [1.165, 1.54) is 22.0 Å². The highest BCUT2D eigenvalue weighted by molar-refractivity contribution is 7.99. The maximum atomic E-state index is 12.9. The number of carbonyl (C=O) groups is 1. The van der Waals surface area contributed by atoms with Crippen LogP contribution in [-0.4, -0.2) is 39.7 Å². The Kier molecular flexibility index (Phi) is 4.95. The molecule has 144 valence electrons. The molecule has 28 heavy (non-hydrogen) atoms. The minimum absolute atomic E-state index is 0.0318. The molecule has 1 aliphatic heterocycles. The molecule has 0 saturated heterocycles. The highest BCUT2D eigenvalue weighted by Gasteiger charge is 2.30. The molecule has 1 aliphatic rings. The molecule has 0 saturated carbocycles. The smallest absolute Gasteiger partial charge is 0.237 e. The van der Waals surface area contributed by atoms with Crippen LogP contribution in [0.4, 0.5) is 5.69 Å². The van der Waals surface area contributed by atoms with E-state index >= 15 is 0 Å². The van der Waals surface area contributed by atoms with Crippen molar-refractivity contribution in [3.05, 3.63) is 54.1 Å². The molecule has 1 atom stereocenters. The lowest BCUT2D eigenvalue weighted by atomic mass is 10.1. The lowest BCUT2D eigenvalue weighted by molar-refractivity contribution is -0.116. The molecule has 8 heteroatoms. The van der Waals surface area contributed by atoms with Crippen LogP contribution in [-0.2, 0) is 11.2 Å². The van der Waals surface area contributed by atoms with Crippen LogP contribution in [0.15, 0.2) is 53.7 Å². The molecule has 1 amide bonds. The third-order valence-corrected chi connectivity index (χ3v) is 5.74. The number of thioether (sulfide) groups is 1. The van der Waals surface area contributed by atoms with Crippen LogP contribution in [0.1, 0.15) is 12.5 Å². The van der Waals surface area contributed by atoms with Gasteiger partial charge in [-0.2, -0.15) is 0 Å². The first kappa shape index (κ1) is 18.4. The number of hydrogen-bond acceptors (Lipinski definition) is 6. The van der Waals surface area contributed by atoms with Crippen molar-refractivity contribution < 1.29 is 9.53 Å². The monoisotopic (exact) mass is 395 g/mol. The quantitative estimate of drug-likeness (QED) is 0.528. The fraction of sp³-hybridized carbons (Fsp3) is 0.250. The van der Waals surface area contributed by atoms with Gasteiger partial charge in [-0.05, 0) is 37.1 Å². The molecule has 0 radical (unpaired) electrons. The van der Waals surface area contributed by atoms with Crippen molar-refractivity contribution >= 4 is 23.4 Å². The number of nitrogens with two attached hydrogens (primary N) is 1. The van der Waals surface area contributed by atoms with Gasteiger partial charge in [-0.25, -0.2) is 4.68 Å². The number of methoxy groups -OCH3 is 1. The van der Waals surface area contributed by atoms with Gasteiger partial charge in [-0.1, -0.05) is 42.1 Å². The molecule has 0 bridgehead atoms. The van der Waals surface area contributed by atoms with Gasteiger partial charge in [0.2, 0.25) is 11.1 Å². The number of anilines is 1. The van der Waals surface area contributed by atoms with Crippen LogP contribution in [0.25, 0.3) is 11.4 Å². The van der Waals surface area contributed by atoms with Gasteiger partial charge in [0.05, 0.1) is 18.4 Å². The number of nitrogen functional groups attached to an aromatic ring is 1. The first-order valence-electron chi connectivity index (χ1n) is 8.96. The van der Waals surface area contributed by atoms with Gasteiger partial charge in [0.25, 0.3) is 0 Å². The van der Waals surface area contributed by atoms with E-state index in [-0.39, 0.29) is 17.7 Å². The summed E-state index contributed by atoms with van der Waals surface area (Å²) in [4.78, 5) is 14.7. The van der Waals surface area contributed by atoms with Crippen LogP contribution in [0.2, 0.25) is 0 Å². The lowest BCUT2D eigenvalue weighted by Crippen LogP contribution is -2.37. The Morgan fingerprint density at radius 1 is 1.21 bits per heavy atom. The van der Waals surface area contributed by atoms with Gasteiger partial charge >= 0.3 is 0 Å². The van der Waals surface area contributed by atoms with E-state index in [0.29, 0.717) is 16.7 Å². The van der Waals surface area contributed by atoms with Crippen molar-refractivity contribution in [3.8, 4) is 17.1 Å². The van der Waals surface area contributed by atoms with Crippen LogP contribution in [0.3, 0.4) is 0 Å². The van der Waals surface area contributed by atoms with Crippen LogP contribution in [0.5, 0.6) is 5.75 Å². The molecule has 7 nitrogen and oxygen atoms in total. The summed E-state index contributed by atoms with van der Waals surface area (Å²) in [5.41, 5.74) is 2.94. The van der Waals surface area contributed by atoms with Gasteiger partial charge in [-0.3, -0.25) is 4.79 Å². The SMILES string of the molecule is COc1ccccc1-c1nnc(SCC(=O)N2c3ccccc3C[C@@H]2C)n1N. The summed E-state index contributed by atoms with van der Waals surface area (Å²) >= 11 is 1.28. The zero-order valence-corrected chi connectivity index (χ0v) is 16.5. The number of hydrogen-bond donors (Lipinski definition) is 1. The molecule has 2 heterocycles. The Balaban J connectivity index is 1.51. The van der Waals surface area contributed by atoms with Gasteiger partial charge in [0.15, 0.2) is 5.82 Å². The number of rotatable bonds is 5. The Bertz CT molecular complexity index is 1020. The summed E-state index contributed by atoms with van der Waals surface area (Å²) in [6.07, 6.45) is 0.873.